The average molecular weight is 248 g/mol. The van der Waals surface area contributed by atoms with Gasteiger partial charge in [0.2, 0.25) is 0 Å². The molecular formula is C11H12N4O3. The van der Waals surface area contributed by atoms with Crippen LogP contribution >= 0.6 is 0 Å². The first kappa shape index (κ1) is 12.0. The number of ether oxygens (including phenoxy) is 1. The first-order valence-corrected chi connectivity index (χ1v) is 5.43. The highest BCUT2D eigenvalue weighted by Gasteiger charge is 2.08. The van der Waals surface area contributed by atoms with Crippen molar-refractivity contribution in [1.29, 1.82) is 0 Å². The van der Waals surface area contributed by atoms with Crippen LogP contribution in [0.15, 0.2) is 24.3 Å². The molecule has 0 aliphatic rings. The van der Waals surface area contributed by atoms with Crippen LogP contribution in [-0.4, -0.2) is 37.9 Å². The first-order valence-electron chi connectivity index (χ1n) is 5.43. The van der Waals surface area contributed by atoms with Gasteiger partial charge in [-0.1, -0.05) is 0 Å². The fourth-order valence-electron chi connectivity index (χ4n) is 1.40. The minimum absolute atomic E-state index is 0.177. The standard InChI is InChI=1S/C11H12N4O3/c1-2-18-9-5-3-8(4-6-9)15-13-10(12-14-15)7-11(16)17/h3-6H,2,7H2,1H3,(H,16,17). The number of aromatic nitrogens is 4. The second kappa shape index (κ2) is 5.26. The number of rotatable bonds is 5. The molecule has 94 valence electrons. The molecule has 0 unspecified atom stereocenters. The Morgan fingerprint density at radius 2 is 2.11 bits per heavy atom. The van der Waals surface area contributed by atoms with E-state index in [1.54, 1.807) is 24.3 Å². The van der Waals surface area contributed by atoms with E-state index in [1.165, 1.54) is 4.80 Å². The molecular weight excluding hydrogens is 236 g/mol. The number of aliphatic carboxylic acids is 1. The van der Waals surface area contributed by atoms with Gasteiger partial charge in [0.25, 0.3) is 0 Å². The summed E-state index contributed by atoms with van der Waals surface area (Å²) in [5.41, 5.74) is 0.697. The van der Waals surface area contributed by atoms with Gasteiger partial charge in [0.05, 0.1) is 12.3 Å². The average Bonchev–Trinajstić information content (AvgIpc) is 2.78. The fourth-order valence-corrected chi connectivity index (χ4v) is 1.40. The van der Waals surface area contributed by atoms with Crippen LogP contribution in [0.3, 0.4) is 0 Å². The summed E-state index contributed by atoms with van der Waals surface area (Å²) in [7, 11) is 0. The first-order chi connectivity index (χ1) is 8.69. The highest BCUT2D eigenvalue weighted by atomic mass is 16.5. The summed E-state index contributed by atoms with van der Waals surface area (Å²) in [6, 6.07) is 7.13. The third-order valence-electron chi connectivity index (χ3n) is 2.14. The highest BCUT2D eigenvalue weighted by Crippen LogP contribution is 2.13. The topological polar surface area (TPSA) is 90.1 Å². The Morgan fingerprint density at radius 1 is 1.39 bits per heavy atom. The lowest BCUT2D eigenvalue weighted by atomic mass is 10.3. The van der Waals surface area contributed by atoms with Crippen LogP contribution in [0.1, 0.15) is 12.7 Å². The van der Waals surface area contributed by atoms with Crippen LogP contribution in [0.4, 0.5) is 0 Å². The van der Waals surface area contributed by atoms with Crippen LogP contribution in [0.2, 0.25) is 0 Å². The molecule has 1 N–H and O–H groups in total. The molecule has 0 saturated carbocycles. The number of nitrogens with zero attached hydrogens (tertiary/aromatic N) is 4. The molecule has 7 nitrogen and oxygen atoms in total. The summed E-state index contributed by atoms with van der Waals surface area (Å²) in [4.78, 5) is 11.8. The maximum Gasteiger partial charge on any atom is 0.311 e. The number of hydrogen-bond donors (Lipinski definition) is 1. The van der Waals surface area contributed by atoms with E-state index in [-0.39, 0.29) is 12.2 Å². The second-order valence-corrected chi connectivity index (χ2v) is 3.49. The molecule has 0 radical (unpaired) electrons. The monoisotopic (exact) mass is 248 g/mol. The second-order valence-electron chi connectivity index (χ2n) is 3.49. The molecule has 0 aliphatic heterocycles. The van der Waals surface area contributed by atoms with E-state index in [2.05, 4.69) is 15.4 Å². The van der Waals surface area contributed by atoms with Gasteiger partial charge in [0, 0.05) is 0 Å². The Morgan fingerprint density at radius 3 is 2.72 bits per heavy atom. The van der Waals surface area contributed by atoms with Crippen molar-refractivity contribution in [1.82, 2.24) is 20.2 Å². The van der Waals surface area contributed by atoms with E-state index in [0.717, 1.165) is 5.75 Å². The van der Waals surface area contributed by atoms with Crippen molar-refractivity contribution in [3.63, 3.8) is 0 Å². The Bertz CT molecular complexity index is 535. The molecule has 1 heterocycles. The third kappa shape index (κ3) is 2.82. The molecule has 0 amide bonds. The van der Waals surface area contributed by atoms with Crippen molar-refractivity contribution in [2.24, 2.45) is 0 Å². The summed E-state index contributed by atoms with van der Waals surface area (Å²) in [6.07, 6.45) is -0.239. The van der Waals surface area contributed by atoms with Crippen LogP contribution in [0.25, 0.3) is 5.69 Å². The molecule has 1 aromatic carbocycles. The molecule has 0 atom stereocenters. The fraction of sp³-hybridized carbons (Fsp3) is 0.273. The van der Waals surface area contributed by atoms with E-state index in [1.807, 2.05) is 6.92 Å². The SMILES string of the molecule is CCOc1ccc(-n2nnc(CC(=O)O)n2)cc1. The van der Waals surface area contributed by atoms with Crippen molar-refractivity contribution in [2.75, 3.05) is 6.61 Å². The normalized spacial score (nSPS) is 10.3. The molecule has 7 heteroatoms. The summed E-state index contributed by atoms with van der Waals surface area (Å²) in [6.45, 7) is 2.51. The van der Waals surface area contributed by atoms with E-state index in [4.69, 9.17) is 9.84 Å². The van der Waals surface area contributed by atoms with Crippen LogP contribution in [-0.2, 0) is 11.2 Å². The van der Waals surface area contributed by atoms with E-state index >= 15 is 0 Å². The molecule has 2 rings (SSSR count). The van der Waals surface area contributed by atoms with Gasteiger partial charge in [-0.3, -0.25) is 4.79 Å². The van der Waals surface area contributed by atoms with Gasteiger partial charge in [-0.2, -0.15) is 0 Å². The van der Waals surface area contributed by atoms with Gasteiger partial charge in [0.1, 0.15) is 12.2 Å². The summed E-state index contributed by atoms with van der Waals surface area (Å²) in [5.74, 6) is -0.0512. The summed E-state index contributed by atoms with van der Waals surface area (Å²) in [5, 5.41) is 20.0. The van der Waals surface area contributed by atoms with Crippen molar-refractivity contribution in [3.05, 3.63) is 30.1 Å². The predicted molar refractivity (Wildman–Crippen MR) is 61.7 cm³/mol. The van der Waals surface area contributed by atoms with E-state index in [0.29, 0.717) is 12.3 Å². The Balaban J connectivity index is 2.15. The third-order valence-corrected chi connectivity index (χ3v) is 2.14. The lowest BCUT2D eigenvalue weighted by molar-refractivity contribution is -0.136. The lowest BCUT2D eigenvalue weighted by Crippen LogP contribution is -2.03. The van der Waals surface area contributed by atoms with Crippen molar-refractivity contribution in [2.45, 2.75) is 13.3 Å². The zero-order chi connectivity index (χ0) is 13.0. The van der Waals surface area contributed by atoms with E-state index in [9.17, 15) is 4.79 Å². The number of carboxylic acid groups (broad SMARTS) is 1. The number of carboxylic acids is 1. The minimum atomic E-state index is -0.985. The van der Waals surface area contributed by atoms with Gasteiger partial charge in [-0.15, -0.1) is 15.0 Å². The predicted octanol–water partition coefficient (Wildman–Crippen LogP) is 0.688. The smallest absolute Gasteiger partial charge is 0.311 e. The Hall–Kier alpha value is -2.44. The van der Waals surface area contributed by atoms with Crippen molar-refractivity contribution in [3.8, 4) is 11.4 Å². The quantitative estimate of drug-likeness (QED) is 0.837. The van der Waals surface area contributed by atoms with Gasteiger partial charge < -0.3 is 9.84 Å². The van der Waals surface area contributed by atoms with Gasteiger partial charge in [-0.05, 0) is 36.4 Å². The van der Waals surface area contributed by atoms with Gasteiger partial charge >= 0.3 is 5.97 Å². The van der Waals surface area contributed by atoms with Gasteiger partial charge in [0.15, 0.2) is 5.82 Å². The van der Waals surface area contributed by atoms with Crippen molar-refractivity contribution >= 4 is 5.97 Å². The number of benzene rings is 1. The van der Waals surface area contributed by atoms with Crippen LogP contribution in [0, 0.1) is 0 Å². The number of hydrogen-bond acceptors (Lipinski definition) is 5. The summed E-state index contributed by atoms with van der Waals surface area (Å²) >= 11 is 0. The van der Waals surface area contributed by atoms with Crippen molar-refractivity contribution < 1.29 is 14.6 Å². The van der Waals surface area contributed by atoms with Crippen LogP contribution in [0.5, 0.6) is 5.75 Å². The largest absolute Gasteiger partial charge is 0.494 e. The molecule has 0 aliphatic carbocycles. The Kier molecular flexibility index (Phi) is 3.52. The lowest BCUT2D eigenvalue weighted by Gasteiger charge is -2.03. The minimum Gasteiger partial charge on any atom is -0.494 e. The molecule has 0 fully saturated rings. The molecule has 1 aromatic heterocycles. The number of carbonyl (C=O) groups is 1. The van der Waals surface area contributed by atoms with Crippen LogP contribution < -0.4 is 4.74 Å². The van der Waals surface area contributed by atoms with Gasteiger partial charge in [-0.25, -0.2) is 0 Å². The maximum absolute atomic E-state index is 10.5. The highest BCUT2D eigenvalue weighted by molar-refractivity contribution is 5.68. The molecule has 0 saturated heterocycles. The molecule has 2 aromatic rings. The molecule has 0 bridgehead atoms. The molecule has 18 heavy (non-hydrogen) atoms. The number of tetrazole rings is 1. The summed E-state index contributed by atoms with van der Waals surface area (Å²) < 4.78 is 5.31. The zero-order valence-electron chi connectivity index (χ0n) is 9.78. The molecule has 0 spiro atoms. The maximum atomic E-state index is 10.5. The zero-order valence-corrected chi connectivity index (χ0v) is 9.78. The Labute approximate surface area is 103 Å². The van der Waals surface area contributed by atoms with E-state index < -0.39 is 5.97 Å².